The summed E-state index contributed by atoms with van der Waals surface area (Å²) in [5, 5.41) is 5.60. The maximum atomic E-state index is 12.1. The minimum atomic E-state index is -0.180. The fourth-order valence-electron chi connectivity index (χ4n) is 1.48. The third kappa shape index (κ3) is 3.50. The van der Waals surface area contributed by atoms with Crippen LogP contribution in [0.2, 0.25) is 0 Å². The number of rotatable bonds is 5. The second kappa shape index (κ2) is 6.55. The lowest BCUT2D eigenvalue weighted by molar-refractivity contribution is 0.0956. The number of thiophene rings is 1. The van der Waals surface area contributed by atoms with E-state index in [1.54, 1.807) is 11.3 Å². The highest BCUT2D eigenvalue weighted by atomic mass is 79.9. The molecule has 0 atom stereocenters. The third-order valence-corrected chi connectivity index (χ3v) is 5.58. The molecule has 2 aromatic rings. The molecule has 0 spiro atoms. The third-order valence-electron chi connectivity index (χ3n) is 2.69. The van der Waals surface area contributed by atoms with Gasteiger partial charge in [-0.05, 0) is 28.9 Å². The second-order valence-corrected chi connectivity index (χ2v) is 7.03. The molecule has 1 amide bonds. The molecular formula is C12H15BrN4OS2. The van der Waals surface area contributed by atoms with E-state index < -0.39 is 0 Å². The summed E-state index contributed by atoms with van der Waals surface area (Å²) in [5.74, 6) is 0.107. The molecule has 0 bridgehead atoms. The van der Waals surface area contributed by atoms with Gasteiger partial charge in [-0.3, -0.25) is 4.79 Å². The molecule has 0 radical (unpaired) electrons. The lowest BCUT2D eigenvalue weighted by atomic mass is 10.4. The molecule has 2 aromatic heterocycles. The summed E-state index contributed by atoms with van der Waals surface area (Å²) >= 11 is 6.29. The van der Waals surface area contributed by atoms with E-state index in [4.69, 9.17) is 5.73 Å². The van der Waals surface area contributed by atoms with Crippen LogP contribution in [0.3, 0.4) is 0 Å². The highest BCUT2D eigenvalue weighted by Crippen LogP contribution is 2.27. The van der Waals surface area contributed by atoms with Crippen molar-refractivity contribution in [1.29, 1.82) is 0 Å². The van der Waals surface area contributed by atoms with Crippen LogP contribution in [-0.2, 0) is 6.54 Å². The van der Waals surface area contributed by atoms with Gasteiger partial charge in [-0.15, -0.1) is 11.3 Å². The molecule has 0 saturated carbocycles. The number of hydrogen-bond acceptors (Lipinski definition) is 6. The van der Waals surface area contributed by atoms with Crippen LogP contribution in [0.15, 0.2) is 15.9 Å². The molecule has 0 fully saturated rings. The number of carbonyl (C=O) groups is 1. The Morgan fingerprint density at radius 1 is 1.60 bits per heavy atom. The molecule has 0 aliphatic heterocycles. The summed E-state index contributed by atoms with van der Waals surface area (Å²) in [7, 11) is 1.92. The Morgan fingerprint density at radius 3 is 2.95 bits per heavy atom. The Bertz CT molecular complexity index is 610. The molecule has 0 aliphatic carbocycles. The summed E-state index contributed by atoms with van der Waals surface area (Å²) in [6.45, 7) is 3.33. The van der Waals surface area contributed by atoms with Crippen LogP contribution in [-0.4, -0.2) is 24.5 Å². The molecule has 0 aliphatic rings. The first-order valence-electron chi connectivity index (χ1n) is 5.99. The topological polar surface area (TPSA) is 71.2 Å². The Hall–Kier alpha value is -1.12. The van der Waals surface area contributed by atoms with Gasteiger partial charge in [0.1, 0.15) is 10.7 Å². The van der Waals surface area contributed by atoms with Crippen molar-refractivity contribution < 1.29 is 4.79 Å². The monoisotopic (exact) mass is 374 g/mol. The van der Waals surface area contributed by atoms with Crippen molar-refractivity contribution in [2.75, 3.05) is 24.2 Å². The number of thiazole rings is 1. The fraction of sp³-hybridized carbons (Fsp3) is 0.333. The normalized spacial score (nSPS) is 10.6. The number of aromatic nitrogens is 1. The number of nitrogens with zero attached hydrogens (tertiary/aromatic N) is 2. The molecule has 0 unspecified atom stereocenters. The lowest BCUT2D eigenvalue weighted by Crippen LogP contribution is -2.22. The molecule has 2 heterocycles. The number of halogens is 1. The van der Waals surface area contributed by atoms with Gasteiger partial charge < -0.3 is 16.0 Å². The molecule has 108 valence electrons. The van der Waals surface area contributed by atoms with Gasteiger partial charge in [0.25, 0.3) is 5.91 Å². The quantitative estimate of drug-likeness (QED) is 0.843. The molecule has 2 rings (SSSR count). The Morgan fingerprint density at radius 2 is 2.35 bits per heavy atom. The summed E-state index contributed by atoms with van der Waals surface area (Å²) in [6, 6.07) is 1.98. The number of hydrogen-bond donors (Lipinski definition) is 2. The van der Waals surface area contributed by atoms with Crippen molar-refractivity contribution in [2.45, 2.75) is 13.5 Å². The first-order valence-corrected chi connectivity index (χ1v) is 8.48. The van der Waals surface area contributed by atoms with Gasteiger partial charge in [0.05, 0.1) is 6.54 Å². The molecule has 0 saturated heterocycles. The Labute approximate surface area is 133 Å². The maximum Gasteiger partial charge on any atom is 0.265 e. The van der Waals surface area contributed by atoms with Crippen molar-refractivity contribution in [3.8, 4) is 0 Å². The van der Waals surface area contributed by atoms with Crippen molar-refractivity contribution >= 4 is 55.5 Å². The van der Waals surface area contributed by atoms with E-state index in [0.717, 1.165) is 21.0 Å². The number of nitrogen functional groups attached to an aromatic ring is 1. The first-order chi connectivity index (χ1) is 9.51. The Balaban J connectivity index is 2.03. The van der Waals surface area contributed by atoms with E-state index in [9.17, 15) is 4.79 Å². The molecule has 0 aromatic carbocycles. The molecule has 20 heavy (non-hydrogen) atoms. The van der Waals surface area contributed by atoms with Crippen LogP contribution >= 0.6 is 38.6 Å². The van der Waals surface area contributed by atoms with E-state index >= 15 is 0 Å². The number of nitrogens with two attached hydrogens (primary N) is 1. The highest BCUT2D eigenvalue weighted by molar-refractivity contribution is 9.10. The lowest BCUT2D eigenvalue weighted by Gasteiger charge is -2.10. The summed E-state index contributed by atoms with van der Waals surface area (Å²) in [4.78, 5) is 19.8. The van der Waals surface area contributed by atoms with Gasteiger partial charge in [-0.25, -0.2) is 4.98 Å². The Kier molecular flexibility index (Phi) is 5.00. The minimum Gasteiger partial charge on any atom is -0.382 e. The van der Waals surface area contributed by atoms with Crippen molar-refractivity contribution in [1.82, 2.24) is 10.3 Å². The largest absolute Gasteiger partial charge is 0.382 e. The summed E-state index contributed by atoms with van der Waals surface area (Å²) in [6.07, 6.45) is 0. The van der Waals surface area contributed by atoms with Crippen molar-refractivity contribution in [3.05, 3.63) is 25.7 Å². The predicted octanol–water partition coefficient (Wildman–Crippen LogP) is 2.94. The van der Waals surface area contributed by atoms with Gasteiger partial charge in [0, 0.05) is 28.3 Å². The zero-order chi connectivity index (χ0) is 14.7. The summed E-state index contributed by atoms with van der Waals surface area (Å²) in [5.41, 5.74) is 5.81. The van der Waals surface area contributed by atoms with E-state index in [1.165, 1.54) is 11.3 Å². The van der Waals surface area contributed by atoms with Gasteiger partial charge in [0.15, 0.2) is 5.13 Å². The maximum absolute atomic E-state index is 12.1. The van der Waals surface area contributed by atoms with Crippen LogP contribution in [0.4, 0.5) is 10.9 Å². The minimum absolute atomic E-state index is 0.180. The number of anilines is 2. The van der Waals surface area contributed by atoms with E-state index in [-0.39, 0.29) is 11.7 Å². The number of amides is 1. The van der Waals surface area contributed by atoms with Crippen molar-refractivity contribution in [2.24, 2.45) is 0 Å². The average molecular weight is 375 g/mol. The van der Waals surface area contributed by atoms with Crippen molar-refractivity contribution in [3.63, 3.8) is 0 Å². The zero-order valence-corrected chi connectivity index (χ0v) is 14.4. The first kappa shape index (κ1) is 15.3. The summed E-state index contributed by atoms with van der Waals surface area (Å²) < 4.78 is 1.02. The van der Waals surface area contributed by atoms with E-state index in [1.807, 2.05) is 30.3 Å². The van der Waals surface area contributed by atoms with E-state index in [0.29, 0.717) is 11.4 Å². The highest BCUT2D eigenvalue weighted by Gasteiger charge is 2.17. The number of nitrogens with one attached hydrogen (secondary N) is 1. The SMILES string of the molecule is CCN(C)c1nc(N)c(C(=O)NCc2cc(Br)cs2)s1. The standard InChI is InChI=1S/C12H15BrN4OS2/c1-3-17(2)12-16-10(14)9(20-12)11(18)15-5-8-4-7(13)6-19-8/h4,6H,3,5,14H2,1-2H3,(H,15,18). The second-order valence-electron chi connectivity index (χ2n) is 4.14. The molecule has 8 heteroatoms. The van der Waals surface area contributed by atoms with Crippen LogP contribution in [0, 0.1) is 0 Å². The zero-order valence-electron chi connectivity index (χ0n) is 11.1. The predicted molar refractivity (Wildman–Crippen MR) is 88.7 cm³/mol. The fourth-order valence-corrected chi connectivity index (χ4v) is 3.79. The molecular weight excluding hydrogens is 360 g/mol. The van der Waals surface area contributed by atoms with Gasteiger partial charge in [-0.2, -0.15) is 0 Å². The van der Waals surface area contributed by atoms with Gasteiger partial charge in [-0.1, -0.05) is 11.3 Å². The number of carbonyl (C=O) groups excluding carboxylic acids is 1. The van der Waals surface area contributed by atoms with Crippen LogP contribution in [0.5, 0.6) is 0 Å². The smallest absolute Gasteiger partial charge is 0.265 e. The van der Waals surface area contributed by atoms with Gasteiger partial charge in [0.2, 0.25) is 0 Å². The van der Waals surface area contributed by atoms with E-state index in [2.05, 4.69) is 26.2 Å². The van der Waals surface area contributed by atoms with Crippen LogP contribution < -0.4 is 16.0 Å². The molecule has 5 nitrogen and oxygen atoms in total. The molecule has 3 N–H and O–H groups in total. The average Bonchev–Trinajstić information content (AvgIpc) is 3.01. The van der Waals surface area contributed by atoms with Gasteiger partial charge >= 0.3 is 0 Å². The van der Waals surface area contributed by atoms with Crippen LogP contribution in [0.1, 0.15) is 21.5 Å². The van der Waals surface area contributed by atoms with Crippen LogP contribution in [0.25, 0.3) is 0 Å².